The van der Waals surface area contributed by atoms with Gasteiger partial charge in [-0.25, -0.2) is 4.98 Å². The molecular formula is C15H22N2OS. The third kappa shape index (κ3) is 3.72. The normalized spacial score (nSPS) is 19.8. The molecule has 1 aliphatic rings. The molecule has 2 heterocycles. The van der Waals surface area contributed by atoms with Crippen LogP contribution in [0.15, 0.2) is 23.4 Å². The summed E-state index contributed by atoms with van der Waals surface area (Å²) in [5.41, 5.74) is 1.17. The summed E-state index contributed by atoms with van der Waals surface area (Å²) in [6, 6.07) is 4.42. The largest absolute Gasteiger partial charge is 0.336 e. The Kier molecular flexibility index (Phi) is 4.86. The second-order valence-corrected chi connectivity index (χ2v) is 6.92. The molecule has 1 amide bonds. The van der Waals surface area contributed by atoms with Gasteiger partial charge in [0.2, 0.25) is 5.91 Å². The second-order valence-electron chi connectivity index (χ2n) is 5.32. The van der Waals surface area contributed by atoms with Crippen LogP contribution in [-0.4, -0.2) is 27.6 Å². The highest BCUT2D eigenvalue weighted by molar-refractivity contribution is 7.99. The fourth-order valence-corrected chi connectivity index (χ4v) is 3.30. The van der Waals surface area contributed by atoms with Crippen molar-refractivity contribution in [3.05, 3.63) is 23.9 Å². The number of rotatable bonds is 3. The molecule has 1 fully saturated rings. The lowest BCUT2D eigenvalue weighted by Crippen LogP contribution is -2.36. The quantitative estimate of drug-likeness (QED) is 0.791. The van der Waals surface area contributed by atoms with E-state index in [1.165, 1.54) is 12.0 Å². The Morgan fingerprint density at radius 1 is 1.42 bits per heavy atom. The van der Waals surface area contributed by atoms with Crippen LogP contribution in [0.4, 0.5) is 0 Å². The van der Waals surface area contributed by atoms with Crippen molar-refractivity contribution in [2.75, 3.05) is 6.54 Å². The van der Waals surface area contributed by atoms with Crippen LogP contribution in [-0.2, 0) is 4.79 Å². The van der Waals surface area contributed by atoms with Gasteiger partial charge in [-0.05, 0) is 30.9 Å². The molecule has 2 rings (SSSR count). The lowest BCUT2D eigenvalue weighted by molar-refractivity contribution is -0.132. The van der Waals surface area contributed by atoms with Gasteiger partial charge < -0.3 is 4.90 Å². The van der Waals surface area contributed by atoms with Gasteiger partial charge in [0.15, 0.2) is 0 Å². The third-order valence-corrected chi connectivity index (χ3v) is 4.36. The van der Waals surface area contributed by atoms with Crippen LogP contribution in [0.5, 0.6) is 0 Å². The van der Waals surface area contributed by atoms with Gasteiger partial charge in [-0.2, -0.15) is 0 Å². The predicted molar refractivity (Wildman–Crippen MR) is 79.2 cm³/mol. The molecule has 4 heteroatoms. The number of likely N-dealkylation sites (tertiary alicyclic amines) is 1. The first-order valence-electron chi connectivity index (χ1n) is 6.97. The topological polar surface area (TPSA) is 33.2 Å². The summed E-state index contributed by atoms with van der Waals surface area (Å²) in [6.45, 7) is 6.87. The summed E-state index contributed by atoms with van der Waals surface area (Å²) in [7, 11) is 0. The van der Waals surface area contributed by atoms with Gasteiger partial charge in [-0.15, -0.1) is 11.8 Å². The average Bonchev–Trinajstić information content (AvgIpc) is 2.39. The zero-order chi connectivity index (χ0) is 13.8. The molecule has 0 unspecified atom stereocenters. The number of carbonyl (C=O) groups excluding carboxylic acids is 1. The molecule has 0 saturated carbocycles. The van der Waals surface area contributed by atoms with Crippen molar-refractivity contribution in [1.82, 2.24) is 9.88 Å². The third-order valence-electron chi connectivity index (χ3n) is 3.41. The van der Waals surface area contributed by atoms with Gasteiger partial charge >= 0.3 is 0 Å². The molecule has 0 aliphatic carbocycles. The van der Waals surface area contributed by atoms with Gasteiger partial charge in [0, 0.05) is 24.9 Å². The highest BCUT2D eigenvalue weighted by Crippen LogP contribution is 2.31. The molecule has 1 aromatic rings. The average molecular weight is 278 g/mol. The molecule has 19 heavy (non-hydrogen) atoms. The molecule has 104 valence electrons. The maximum absolute atomic E-state index is 11.7. The Hall–Kier alpha value is -1.03. The van der Waals surface area contributed by atoms with Crippen LogP contribution in [0.1, 0.15) is 51.6 Å². The van der Waals surface area contributed by atoms with E-state index in [-0.39, 0.29) is 11.9 Å². The highest BCUT2D eigenvalue weighted by Gasteiger charge is 2.25. The van der Waals surface area contributed by atoms with Crippen LogP contribution in [0.2, 0.25) is 0 Å². The highest BCUT2D eigenvalue weighted by atomic mass is 32.2. The van der Waals surface area contributed by atoms with Crippen LogP contribution < -0.4 is 0 Å². The Balaban J connectivity index is 2.13. The van der Waals surface area contributed by atoms with Gasteiger partial charge in [0.05, 0.1) is 11.1 Å². The Bertz CT molecular complexity index is 430. The van der Waals surface area contributed by atoms with Crippen LogP contribution >= 0.6 is 11.8 Å². The SMILES string of the molecule is CC(=O)N1CCCC[C@H]1c1ccc(SC(C)C)nc1. The van der Waals surface area contributed by atoms with Crippen molar-refractivity contribution in [1.29, 1.82) is 0 Å². The number of piperidine rings is 1. The second kappa shape index (κ2) is 6.42. The summed E-state index contributed by atoms with van der Waals surface area (Å²) in [4.78, 5) is 18.2. The van der Waals surface area contributed by atoms with Crippen molar-refractivity contribution < 1.29 is 4.79 Å². The van der Waals surface area contributed by atoms with E-state index in [0.29, 0.717) is 5.25 Å². The first-order valence-corrected chi connectivity index (χ1v) is 7.85. The Labute approximate surface area is 119 Å². The first-order chi connectivity index (χ1) is 9.08. The molecule has 0 radical (unpaired) electrons. The molecule has 0 spiro atoms. The molecule has 1 aliphatic heterocycles. The van der Waals surface area contributed by atoms with Crippen molar-refractivity contribution in [2.45, 2.75) is 56.4 Å². The number of amides is 1. The van der Waals surface area contributed by atoms with Gasteiger partial charge in [0.1, 0.15) is 0 Å². The molecule has 1 saturated heterocycles. The number of aromatic nitrogens is 1. The van der Waals surface area contributed by atoms with E-state index in [2.05, 4.69) is 31.0 Å². The zero-order valence-corrected chi connectivity index (χ0v) is 12.7. The fraction of sp³-hybridized carbons (Fsp3) is 0.600. The maximum atomic E-state index is 11.7. The van der Waals surface area contributed by atoms with Crippen molar-refractivity contribution >= 4 is 17.7 Å². The summed E-state index contributed by atoms with van der Waals surface area (Å²) >= 11 is 1.77. The van der Waals surface area contributed by atoms with E-state index in [1.807, 2.05) is 11.1 Å². The molecule has 1 atom stereocenters. The maximum Gasteiger partial charge on any atom is 0.219 e. The summed E-state index contributed by atoms with van der Waals surface area (Å²) in [5, 5.41) is 1.60. The number of pyridine rings is 1. The minimum absolute atomic E-state index is 0.172. The molecule has 1 aromatic heterocycles. The lowest BCUT2D eigenvalue weighted by atomic mass is 9.96. The van der Waals surface area contributed by atoms with E-state index in [0.717, 1.165) is 24.4 Å². The van der Waals surface area contributed by atoms with E-state index >= 15 is 0 Å². The van der Waals surface area contributed by atoms with Gasteiger partial charge in [-0.3, -0.25) is 4.79 Å². The smallest absolute Gasteiger partial charge is 0.219 e. The standard InChI is InChI=1S/C15H22N2OS/c1-11(2)19-15-8-7-13(10-16-15)14-6-4-5-9-17(14)12(3)18/h7-8,10-11,14H,4-6,9H2,1-3H3/t14-/m0/s1. The minimum Gasteiger partial charge on any atom is -0.336 e. The number of hydrogen-bond acceptors (Lipinski definition) is 3. The van der Waals surface area contributed by atoms with Crippen LogP contribution in [0, 0.1) is 0 Å². The summed E-state index contributed by atoms with van der Waals surface area (Å²) in [6.07, 6.45) is 5.30. The van der Waals surface area contributed by atoms with E-state index in [1.54, 1.807) is 18.7 Å². The number of nitrogens with zero attached hydrogens (tertiary/aromatic N) is 2. The Morgan fingerprint density at radius 3 is 2.79 bits per heavy atom. The predicted octanol–water partition coefficient (Wildman–Crippen LogP) is 3.66. The Morgan fingerprint density at radius 2 is 2.21 bits per heavy atom. The molecular weight excluding hydrogens is 256 g/mol. The molecule has 0 aromatic carbocycles. The van der Waals surface area contributed by atoms with E-state index in [4.69, 9.17) is 0 Å². The first kappa shape index (κ1) is 14.4. The summed E-state index contributed by atoms with van der Waals surface area (Å²) in [5.74, 6) is 0.172. The monoisotopic (exact) mass is 278 g/mol. The summed E-state index contributed by atoms with van der Waals surface area (Å²) < 4.78 is 0. The van der Waals surface area contributed by atoms with Gasteiger partial charge in [-0.1, -0.05) is 19.9 Å². The van der Waals surface area contributed by atoms with Crippen molar-refractivity contribution in [3.63, 3.8) is 0 Å². The lowest BCUT2D eigenvalue weighted by Gasteiger charge is -2.35. The molecule has 0 N–H and O–H groups in total. The molecule has 3 nitrogen and oxygen atoms in total. The number of carbonyl (C=O) groups is 1. The number of thioether (sulfide) groups is 1. The minimum atomic E-state index is 0.172. The van der Waals surface area contributed by atoms with Crippen molar-refractivity contribution in [2.24, 2.45) is 0 Å². The van der Waals surface area contributed by atoms with Gasteiger partial charge in [0.25, 0.3) is 0 Å². The molecule has 0 bridgehead atoms. The van der Waals surface area contributed by atoms with Crippen LogP contribution in [0.3, 0.4) is 0 Å². The fourth-order valence-electron chi connectivity index (χ4n) is 2.56. The van der Waals surface area contributed by atoms with Crippen molar-refractivity contribution in [3.8, 4) is 0 Å². The van der Waals surface area contributed by atoms with E-state index in [9.17, 15) is 4.79 Å². The van der Waals surface area contributed by atoms with E-state index < -0.39 is 0 Å². The zero-order valence-electron chi connectivity index (χ0n) is 11.9. The number of hydrogen-bond donors (Lipinski definition) is 0. The van der Waals surface area contributed by atoms with Crippen LogP contribution in [0.25, 0.3) is 0 Å².